The summed E-state index contributed by atoms with van der Waals surface area (Å²) in [6.07, 6.45) is 3.08. The van der Waals surface area contributed by atoms with E-state index in [1.165, 1.54) is 21.9 Å². The van der Waals surface area contributed by atoms with E-state index in [1.54, 1.807) is 0 Å². The van der Waals surface area contributed by atoms with Gasteiger partial charge in [0.1, 0.15) is 0 Å². The maximum absolute atomic E-state index is 6.26. The van der Waals surface area contributed by atoms with Crippen molar-refractivity contribution in [1.29, 1.82) is 0 Å². The molecule has 0 heterocycles. The molecule has 0 saturated carbocycles. The molecule has 1 atom stereocenters. The van der Waals surface area contributed by atoms with E-state index in [2.05, 4.69) is 61.0 Å². The third-order valence-corrected chi connectivity index (χ3v) is 3.64. The largest absolute Gasteiger partial charge is 0.324 e. The molecule has 3 aromatic carbocycles. The van der Waals surface area contributed by atoms with Gasteiger partial charge in [0.2, 0.25) is 0 Å². The molecule has 0 aliphatic heterocycles. The average molecular weight is 260 g/mol. The zero-order valence-electron chi connectivity index (χ0n) is 11.4. The van der Waals surface area contributed by atoms with Crippen molar-refractivity contribution in [3.63, 3.8) is 0 Å². The second-order valence-electron chi connectivity index (χ2n) is 5.03. The molecule has 0 amide bonds. The Morgan fingerprint density at radius 2 is 1.50 bits per heavy atom. The Morgan fingerprint density at radius 3 is 2.35 bits per heavy atom. The van der Waals surface area contributed by atoms with Crippen molar-refractivity contribution in [3.05, 3.63) is 90.3 Å². The quantitative estimate of drug-likeness (QED) is 0.735. The normalized spacial score (nSPS) is 12.4. The highest BCUT2D eigenvalue weighted by atomic mass is 14.6. The van der Waals surface area contributed by atoms with Crippen molar-refractivity contribution < 1.29 is 0 Å². The minimum atomic E-state index is 0.0511. The van der Waals surface area contributed by atoms with Gasteiger partial charge in [0.05, 0.1) is 0 Å². The fraction of sp³-hybridized carbons (Fsp3) is 0.105. The van der Waals surface area contributed by atoms with E-state index in [0.717, 1.165) is 6.42 Å². The number of benzene rings is 3. The standard InChI is InChI=1S/C19H18N/c20-19(17-8-2-1-3-9-17)14-13-16-11-6-10-15-7-4-5-12-18(15)16/h1-13,19H,14,20H2. The van der Waals surface area contributed by atoms with Gasteiger partial charge in [0, 0.05) is 6.04 Å². The van der Waals surface area contributed by atoms with Crippen LogP contribution in [0.2, 0.25) is 0 Å². The summed E-state index contributed by atoms with van der Waals surface area (Å²) in [6, 6.07) is 25.2. The van der Waals surface area contributed by atoms with Gasteiger partial charge >= 0.3 is 0 Å². The van der Waals surface area contributed by atoms with Crippen LogP contribution in [0.1, 0.15) is 23.6 Å². The van der Waals surface area contributed by atoms with Gasteiger partial charge in [-0.2, -0.15) is 0 Å². The first-order valence-corrected chi connectivity index (χ1v) is 6.96. The predicted molar refractivity (Wildman–Crippen MR) is 85.3 cm³/mol. The number of hydrogen-bond acceptors (Lipinski definition) is 1. The highest BCUT2D eigenvalue weighted by Gasteiger charge is 2.07. The van der Waals surface area contributed by atoms with Crippen LogP contribution in [0.25, 0.3) is 10.8 Å². The Kier molecular flexibility index (Phi) is 3.80. The molecule has 0 aliphatic carbocycles. The molecule has 0 saturated heterocycles. The van der Waals surface area contributed by atoms with Gasteiger partial charge in [-0.1, -0.05) is 72.8 Å². The third-order valence-electron chi connectivity index (χ3n) is 3.64. The summed E-state index contributed by atoms with van der Waals surface area (Å²) in [5, 5.41) is 2.56. The maximum atomic E-state index is 6.26. The van der Waals surface area contributed by atoms with Crippen LogP contribution >= 0.6 is 0 Å². The minimum Gasteiger partial charge on any atom is -0.324 e. The van der Waals surface area contributed by atoms with Crippen LogP contribution in [0.3, 0.4) is 0 Å². The summed E-state index contributed by atoms with van der Waals surface area (Å²) in [5.41, 5.74) is 8.70. The Hall–Kier alpha value is -2.12. The zero-order valence-corrected chi connectivity index (χ0v) is 11.4. The second kappa shape index (κ2) is 5.89. The molecule has 1 nitrogen and oxygen atoms in total. The van der Waals surface area contributed by atoms with Crippen LogP contribution in [0, 0.1) is 6.42 Å². The molecule has 0 spiro atoms. The number of nitrogens with two attached hydrogens (primary N) is 1. The summed E-state index contributed by atoms with van der Waals surface area (Å²) in [7, 11) is 0. The molecule has 1 radical (unpaired) electrons. The van der Waals surface area contributed by atoms with Crippen molar-refractivity contribution >= 4 is 10.8 Å². The van der Waals surface area contributed by atoms with E-state index < -0.39 is 0 Å². The molecule has 0 aromatic heterocycles. The van der Waals surface area contributed by atoms with E-state index in [-0.39, 0.29) is 6.04 Å². The zero-order chi connectivity index (χ0) is 13.8. The molecule has 3 rings (SSSR count). The number of rotatable bonds is 4. The summed E-state index contributed by atoms with van der Waals surface area (Å²) < 4.78 is 0. The van der Waals surface area contributed by atoms with Crippen LogP contribution in [0.5, 0.6) is 0 Å². The maximum Gasteiger partial charge on any atom is 0.0300 e. The number of fused-ring (bicyclic) bond motifs is 1. The van der Waals surface area contributed by atoms with Gasteiger partial charge in [-0.3, -0.25) is 0 Å². The third kappa shape index (κ3) is 2.73. The van der Waals surface area contributed by atoms with Crippen molar-refractivity contribution in [2.45, 2.75) is 12.5 Å². The summed E-state index contributed by atoms with van der Waals surface area (Å²) in [5.74, 6) is 0. The summed E-state index contributed by atoms with van der Waals surface area (Å²) in [6.45, 7) is 0. The van der Waals surface area contributed by atoms with Crippen LogP contribution < -0.4 is 5.73 Å². The highest BCUT2D eigenvalue weighted by Crippen LogP contribution is 2.24. The second-order valence-corrected chi connectivity index (χ2v) is 5.03. The Bertz CT molecular complexity index is 683. The van der Waals surface area contributed by atoms with Crippen LogP contribution in [-0.4, -0.2) is 0 Å². The Morgan fingerprint density at radius 1 is 0.800 bits per heavy atom. The van der Waals surface area contributed by atoms with Gasteiger partial charge in [0.15, 0.2) is 0 Å². The van der Waals surface area contributed by atoms with Gasteiger partial charge in [-0.05, 0) is 34.7 Å². The van der Waals surface area contributed by atoms with Crippen molar-refractivity contribution in [3.8, 4) is 0 Å². The van der Waals surface area contributed by atoms with Gasteiger partial charge in [-0.25, -0.2) is 0 Å². The molecule has 3 aromatic rings. The molecular formula is C19H18N. The van der Waals surface area contributed by atoms with Crippen molar-refractivity contribution in [2.24, 2.45) is 5.73 Å². The number of hydrogen-bond donors (Lipinski definition) is 1. The first-order chi connectivity index (χ1) is 9.84. The predicted octanol–water partition coefficient (Wildman–Crippen LogP) is 4.48. The molecule has 99 valence electrons. The minimum absolute atomic E-state index is 0.0511. The molecular weight excluding hydrogens is 242 g/mol. The Balaban J connectivity index is 1.77. The van der Waals surface area contributed by atoms with E-state index in [9.17, 15) is 0 Å². The SMILES string of the molecule is NC(C[CH]c1cccc2ccccc12)c1ccccc1. The summed E-state index contributed by atoms with van der Waals surface area (Å²) in [4.78, 5) is 0. The lowest BCUT2D eigenvalue weighted by atomic mass is 9.96. The molecule has 20 heavy (non-hydrogen) atoms. The lowest BCUT2D eigenvalue weighted by molar-refractivity contribution is 0.719. The topological polar surface area (TPSA) is 26.0 Å². The lowest BCUT2D eigenvalue weighted by Crippen LogP contribution is -2.10. The van der Waals surface area contributed by atoms with E-state index in [4.69, 9.17) is 5.73 Å². The fourth-order valence-electron chi connectivity index (χ4n) is 2.52. The Labute approximate surface area is 120 Å². The van der Waals surface area contributed by atoms with Crippen LogP contribution in [0.15, 0.2) is 72.8 Å². The fourth-order valence-corrected chi connectivity index (χ4v) is 2.52. The molecule has 1 unspecified atom stereocenters. The van der Waals surface area contributed by atoms with Gasteiger partial charge < -0.3 is 5.73 Å². The van der Waals surface area contributed by atoms with E-state index >= 15 is 0 Å². The lowest BCUT2D eigenvalue weighted by Gasteiger charge is -2.12. The molecule has 0 fully saturated rings. The molecule has 1 heteroatoms. The van der Waals surface area contributed by atoms with E-state index in [0.29, 0.717) is 0 Å². The first kappa shape index (κ1) is 12.9. The average Bonchev–Trinajstić information content (AvgIpc) is 2.53. The van der Waals surface area contributed by atoms with Crippen LogP contribution in [-0.2, 0) is 0 Å². The summed E-state index contributed by atoms with van der Waals surface area (Å²) >= 11 is 0. The highest BCUT2D eigenvalue weighted by molar-refractivity contribution is 5.86. The monoisotopic (exact) mass is 260 g/mol. The molecule has 0 bridgehead atoms. The van der Waals surface area contributed by atoms with Crippen LogP contribution in [0.4, 0.5) is 0 Å². The smallest absolute Gasteiger partial charge is 0.0300 e. The first-order valence-electron chi connectivity index (χ1n) is 6.96. The van der Waals surface area contributed by atoms with Gasteiger partial charge in [0.25, 0.3) is 0 Å². The van der Waals surface area contributed by atoms with Crippen molar-refractivity contribution in [2.75, 3.05) is 0 Å². The molecule has 2 N–H and O–H groups in total. The van der Waals surface area contributed by atoms with Crippen molar-refractivity contribution in [1.82, 2.24) is 0 Å². The molecule has 0 aliphatic rings. The van der Waals surface area contributed by atoms with Gasteiger partial charge in [-0.15, -0.1) is 0 Å². The van der Waals surface area contributed by atoms with E-state index in [1.807, 2.05) is 18.2 Å².